The monoisotopic (exact) mass is 1010 g/mol. The zero-order valence-electron chi connectivity index (χ0n) is 39.9. The first-order chi connectivity index (χ1) is 33.2. The Hall–Kier alpha value is -5.15. The number of hydrogen-bond acceptors (Lipinski definition) is 12. The normalized spacial score (nSPS) is 22.1. The molecule has 4 atom stereocenters. The van der Waals surface area contributed by atoms with Crippen LogP contribution in [0.25, 0.3) is 22.3 Å². The van der Waals surface area contributed by atoms with Crippen molar-refractivity contribution >= 4 is 50.2 Å². The maximum atomic E-state index is 14.5. The molecule has 4 saturated heterocycles. The summed E-state index contributed by atoms with van der Waals surface area (Å²) in [6.45, 7) is 12.4. The van der Waals surface area contributed by atoms with E-state index >= 15 is 0 Å². The summed E-state index contributed by atoms with van der Waals surface area (Å²) < 4.78 is 48.1. The fraction of sp³-hybridized carbons (Fsp3) is 0.551. The van der Waals surface area contributed by atoms with Crippen molar-refractivity contribution in [1.29, 1.82) is 0 Å². The van der Waals surface area contributed by atoms with Crippen LogP contribution in [0.3, 0.4) is 0 Å². The van der Waals surface area contributed by atoms with E-state index < -0.39 is 11.7 Å². The van der Waals surface area contributed by atoms with Gasteiger partial charge in [0.1, 0.15) is 11.0 Å². The van der Waals surface area contributed by atoms with Gasteiger partial charge in [0.05, 0.1) is 36.6 Å². The number of anilines is 2. The number of benzene rings is 2. The number of alkyl halides is 3. The molecule has 6 aromatic rings. The number of hydrogen-bond donors (Lipinski definition) is 2. The SMILES string of the molecule is CCCNc1ncc2c(n1)n(Cc1ccc(Br)c(C34CC(CN3CCCn3c(=O)n(Cc5ccc(C(F)(F)F)cc5)c5nc(NCCC)ncc53)N(C)C4)c1)c(=O)n2CCCN1CC2CC1CN2C. The Morgan fingerprint density at radius 3 is 1.86 bits per heavy atom. The van der Waals surface area contributed by atoms with Gasteiger partial charge in [-0.15, -0.1) is 0 Å². The van der Waals surface area contributed by atoms with E-state index in [-0.39, 0.29) is 23.5 Å². The minimum atomic E-state index is -4.46. The Morgan fingerprint density at radius 1 is 0.710 bits per heavy atom. The van der Waals surface area contributed by atoms with Crippen molar-refractivity contribution < 1.29 is 13.2 Å². The predicted octanol–water partition coefficient (Wildman–Crippen LogP) is 6.10. The molecule has 0 aliphatic carbocycles. The molecule has 20 heteroatoms. The van der Waals surface area contributed by atoms with Crippen LogP contribution >= 0.6 is 15.9 Å². The van der Waals surface area contributed by atoms with Gasteiger partial charge in [-0.05, 0) is 87.5 Å². The minimum absolute atomic E-state index is 0.0620. The Labute approximate surface area is 407 Å². The van der Waals surface area contributed by atoms with Crippen molar-refractivity contribution in [1.82, 2.24) is 57.8 Å². The minimum Gasteiger partial charge on any atom is -0.354 e. The van der Waals surface area contributed by atoms with Crippen LogP contribution < -0.4 is 22.0 Å². The molecular weight excluding hydrogens is 954 g/mol. The molecule has 4 aromatic heterocycles. The molecule has 0 saturated carbocycles. The first kappa shape index (κ1) is 47.5. The number of rotatable bonds is 19. The standard InChI is InChI=1S/C49H62BrF3N14O2/c1-5-15-54-44-56-24-40-42(58-44)66(26-32-9-12-34(13-10-32)49(51,52)53)46(68)65(40)20-8-18-63-30-37-23-48(63,31-61(37)4)38-21-33(11-14-39(38)50)27-67-43-41(25-57-45(59-43)55-16-6-2)64(47(67)69)19-7-17-62-29-35-22-36(62)28-60(35)3/h9-14,21,24-25,35-37H,5-8,15-20,22-23,26-31H2,1-4H3,(H,54,56,58)(H,55,57,59). The lowest BCUT2D eigenvalue weighted by Crippen LogP contribution is -2.51. The fourth-order valence-electron chi connectivity index (χ4n) is 11.5. The smallest absolute Gasteiger partial charge is 0.354 e. The van der Waals surface area contributed by atoms with Crippen molar-refractivity contribution in [2.24, 2.45) is 0 Å². The molecule has 8 heterocycles. The average molecular weight is 1020 g/mol. The Bertz CT molecular complexity index is 2940. The number of aromatic nitrogens is 8. The van der Waals surface area contributed by atoms with E-state index in [0.29, 0.717) is 91.5 Å². The molecule has 69 heavy (non-hydrogen) atoms. The Balaban J connectivity index is 0.901. The third-order valence-electron chi connectivity index (χ3n) is 15.1. The third-order valence-corrected chi connectivity index (χ3v) is 15.8. The van der Waals surface area contributed by atoms with E-state index in [9.17, 15) is 22.8 Å². The van der Waals surface area contributed by atoms with Gasteiger partial charge in [-0.1, -0.05) is 54.0 Å². The van der Waals surface area contributed by atoms with E-state index in [4.69, 9.17) is 9.97 Å². The molecule has 4 aliphatic heterocycles. The summed E-state index contributed by atoms with van der Waals surface area (Å²) in [7, 11) is 4.40. The molecule has 0 radical (unpaired) electrons. The van der Waals surface area contributed by atoms with E-state index in [1.807, 2.05) is 11.5 Å². The summed E-state index contributed by atoms with van der Waals surface area (Å²) in [6, 6.07) is 12.9. The highest BCUT2D eigenvalue weighted by Crippen LogP contribution is 2.49. The molecule has 4 unspecified atom stereocenters. The summed E-state index contributed by atoms with van der Waals surface area (Å²) in [4.78, 5) is 57.6. The lowest BCUT2D eigenvalue weighted by molar-refractivity contribution is -0.137. The number of fused-ring (bicyclic) bond motifs is 6. The first-order valence-corrected chi connectivity index (χ1v) is 25.3. The largest absolute Gasteiger partial charge is 0.416 e. The molecule has 0 amide bonds. The maximum Gasteiger partial charge on any atom is 0.416 e. The number of likely N-dealkylation sites (N-methyl/N-ethyl adjacent to an activating group) is 2. The van der Waals surface area contributed by atoms with Crippen LogP contribution in [0, 0.1) is 0 Å². The topological polar surface area (TPSA) is 142 Å². The lowest BCUT2D eigenvalue weighted by atomic mass is 9.87. The van der Waals surface area contributed by atoms with Crippen LogP contribution in [0.2, 0.25) is 0 Å². The van der Waals surface area contributed by atoms with Crippen molar-refractivity contribution in [2.75, 3.05) is 77.1 Å². The van der Waals surface area contributed by atoms with Crippen molar-refractivity contribution in [3.05, 3.63) is 103 Å². The molecule has 10 rings (SSSR count). The third kappa shape index (κ3) is 9.11. The first-order valence-electron chi connectivity index (χ1n) is 24.5. The second-order valence-corrected chi connectivity index (χ2v) is 20.5. The van der Waals surface area contributed by atoms with Gasteiger partial charge in [0.2, 0.25) is 11.9 Å². The second kappa shape index (κ2) is 19.2. The number of nitrogens with zero attached hydrogens (tertiary/aromatic N) is 12. The number of likely N-dealkylation sites (tertiary alicyclic amines) is 4. The lowest BCUT2D eigenvalue weighted by Gasteiger charge is -2.42. The van der Waals surface area contributed by atoms with Crippen LogP contribution in [0.4, 0.5) is 25.1 Å². The molecule has 0 spiro atoms. The average Bonchev–Trinajstić information content (AvgIpc) is 4.17. The highest BCUT2D eigenvalue weighted by atomic mass is 79.9. The van der Waals surface area contributed by atoms with Crippen LogP contribution in [-0.4, -0.2) is 142 Å². The molecule has 368 valence electrons. The van der Waals surface area contributed by atoms with E-state index in [2.05, 4.69) is 95.3 Å². The molecule has 4 bridgehead atoms. The zero-order valence-corrected chi connectivity index (χ0v) is 41.4. The highest BCUT2D eigenvalue weighted by Gasteiger charge is 2.54. The molecule has 4 fully saturated rings. The maximum absolute atomic E-state index is 14.5. The molecule has 2 aromatic carbocycles. The summed E-state index contributed by atoms with van der Waals surface area (Å²) >= 11 is 3.96. The summed E-state index contributed by atoms with van der Waals surface area (Å²) in [5.41, 5.74) is 3.65. The Kier molecular flexibility index (Phi) is 13.2. The van der Waals surface area contributed by atoms with Crippen molar-refractivity contribution in [3.63, 3.8) is 0 Å². The zero-order chi connectivity index (χ0) is 48.2. The van der Waals surface area contributed by atoms with Gasteiger partial charge < -0.3 is 15.5 Å². The van der Waals surface area contributed by atoms with Crippen LogP contribution in [0.1, 0.15) is 74.6 Å². The van der Waals surface area contributed by atoms with Crippen molar-refractivity contribution in [2.45, 2.75) is 108 Å². The molecular formula is C49H62BrF3N14O2. The Morgan fingerprint density at radius 2 is 1.30 bits per heavy atom. The van der Waals surface area contributed by atoms with Gasteiger partial charge in [-0.2, -0.15) is 23.1 Å². The quantitative estimate of drug-likeness (QED) is 0.0969. The van der Waals surface area contributed by atoms with Gasteiger partial charge in [-0.3, -0.25) is 33.0 Å². The second-order valence-electron chi connectivity index (χ2n) is 19.6. The van der Waals surface area contributed by atoms with E-state index in [0.717, 1.165) is 92.6 Å². The van der Waals surface area contributed by atoms with Crippen LogP contribution in [0.5, 0.6) is 0 Å². The number of halogens is 4. The summed E-state index contributed by atoms with van der Waals surface area (Å²) in [5.74, 6) is 0.900. The van der Waals surface area contributed by atoms with Gasteiger partial charge in [-0.25, -0.2) is 19.6 Å². The molecule has 2 N–H and O–H groups in total. The molecule has 4 aliphatic rings. The van der Waals surface area contributed by atoms with Gasteiger partial charge >= 0.3 is 17.6 Å². The number of nitrogens with one attached hydrogen (secondary N) is 2. The highest BCUT2D eigenvalue weighted by molar-refractivity contribution is 9.10. The fourth-order valence-corrected chi connectivity index (χ4v) is 12.1. The van der Waals surface area contributed by atoms with E-state index in [1.165, 1.54) is 28.7 Å². The summed E-state index contributed by atoms with van der Waals surface area (Å²) in [5, 5.41) is 6.51. The molecule has 16 nitrogen and oxygen atoms in total. The van der Waals surface area contributed by atoms with Gasteiger partial charge in [0.25, 0.3) is 0 Å². The van der Waals surface area contributed by atoms with Gasteiger partial charge in [0, 0.05) is 88.0 Å². The van der Waals surface area contributed by atoms with Crippen molar-refractivity contribution in [3.8, 4) is 0 Å². The van der Waals surface area contributed by atoms with Crippen LogP contribution in [-0.2, 0) is 37.9 Å². The number of piperazine rings is 2. The van der Waals surface area contributed by atoms with Gasteiger partial charge in [0.15, 0.2) is 11.3 Å². The number of aryl methyl sites for hydroxylation is 2. The predicted molar refractivity (Wildman–Crippen MR) is 265 cm³/mol. The van der Waals surface area contributed by atoms with E-state index in [1.54, 1.807) is 21.5 Å². The van der Waals surface area contributed by atoms with Crippen LogP contribution in [0.15, 0.2) is 68.9 Å². The summed E-state index contributed by atoms with van der Waals surface area (Å²) in [6.07, 6.45) is 4.46. The number of imidazole rings is 2.